The number of benzene rings is 3. The van der Waals surface area contributed by atoms with Crippen LogP contribution in [0.2, 0.25) is 10.0 Å². The summed E-state index contributed by atoms with van der Waals surface area (Å²) in [4.78, 5) is 72.3. The van der Waals surface area contributed by atoms with E-state index < -0.39 is 72.4 Å². The highest BCUT2D eigenvalue weighted by atomic mass is 35.5. The summed E-state index contributed by atoms with van der Waals surface area (Å²) in [7, 11) is 0. The molecule has 0 spiro atoms. The molecule has 52 heavy (non-hydrogen) atoms. The van der Waals surface area contributed by atoms with Gasteiger partial charge in [0, 0.05) is 11.6 Å². The third kappa shape index (κ3) is 7.90. The summed E-state index contributed by atoms with van der Waals surface area (Å²) in [5, 5.41) is 15.4. The minimum Gasteiger partial charge on any atom is -0.481 e. The van der Waals surface area contributed by atoms with Gasteiger partial charge in [0.05, 0.1) is 34.8 Å². The number of nitrogens with zero attached hydrogens (tertiary/aromatic N) is 2. The van der Waals surface area contributed by atoms with Crippen molar-refractivity contribution in [2.24, 2.45) is 5.92 Å². The molecule has 0 bridgehead atoms. The fraction of sp³-hybridized carbons (Fsp3) is 0.297. The van der Waals surface area contributed by atoms with Crippen LogP contribution in [0.3, 0.4) is 0 Å². The Morgan fingerprint density at radius 2 is 1.60 bits per heavy atom. The molecule has 1 aliphatic heterocycles. The molecule has 0 radical (unpaired) electrons. The average molecular weight is 750 g/mol. The van der Waals surface area contributed by atoms with E-state index in [1.807, 2.05) is 24.3 Å². The number of aromatic nitrogens is 1. The Kier molecular flexibility index (Phi) is 10.8. The molecule has 2 unspecified atom stereocenters. The molecular formula is C37H34Cl2N4O9. The van der Waals surface area contributed by atoms with E-state index in [1.165, 1.54) is 17.2 Å². The molecule has 2 atom stereocenters. The molecule has 1 aromatic heterocycles. The van der Waals surface area contributed by atoms with Gasteiger partial charge in [-0.05, 0) is 60.2 Å². The predicted octanol–water partition coefficient (Wildman–Crippen LogP) is 4.97. The maximum Gasteiger partial charge on any atom is 0.305 e. The number of Topliss-reactive ketones (excluding diaryl/α,β-unsaturated/α-hetero) is 1. The molecule has 0 saturated heterocycles. The molecule has 1 aliphatic carbocycles. The van der Waals surface area contributed by atoms with E-state index in [0.29, 0.717) is 24.3 Å². The first kappa shape index (κ1) is 36.4. The lowest BCUT2D eigenvalue weighted by molar-refractivity contribution is -0.141. The number of nitrogens with one attached hydrogen (secondary N) is 2. The van der Waals surface area contributed by atoms with Crippen LogP contribution in [0, 0.1) is 5.92 Å². The van der Waals surface area contributed by atoms with Gasteiger partial charge in [-0.1, -0.05) is 67.4 Å². The average Bonchev–Trinajstić information content (AvgIpc) is 3.88. The van der Waals surface area contributed by atoms with Crippen molar-refractivity contribution in [3.8, 4) is 22.8 Å². The number of hydrogen-bond donors (Lipinski definition) is 3. The lowest BCUT2D eigenvalue weighted by atomic mass is 10.00. The molecule has 3 amide bonds. The molecule has 15 heteroatoms. The summed E-state index contributed by atoms with van der Waals surface area (Å²) in [6.45, 7) is 3.04. The number of ketones is 1. The van der Waals surface area contributed by atoms with E-state index in [2.05, 4.69) is 15.6 Å². The molecule has 6 rings (SSSR count). The maximum atomic E-state index is 14.4. The van der Waals surface area contributed by atoms with Crippen LogP contribution in [-0.4, -0.2) is 75.9 Å². The first-order valence-electron chi connectivity index (χ1n) is 16.4. The number of carboxylic acid groups (broad SMARTS) is 1. The van der Waals surface area contributed by atoms with Gasteiger partial charge in [-0.2, -0.15) is 0 Å². The molecular weight excluding hydrogens is 715 g/mol. The van der Waals surface area contributed by atoms with Crippen molar-refractivity contribution in [3.63, 3.8) is 0 Å². The zero-order valence-electron chi connectivity index (χ0n) is 28.1. The summed E-state index contributed by atoms with van der Waals surface area (Å²) < 4.78 is 16.4. The largest absolute Gasteiger partial charge is 0.481 e. The van der Waals surface area contributed by atoms with Gasteiger partial charge in [0.15, 0.2) is 17.3 Å². The molecule has 270 valence electrons. The Balaban J connectivity index is 1.23. The van der Waals surface area contributed by atoms with Crippen LogP contribution in [0.25, 0.3) is 11.3 Å². The number of ether oxygens (including phenoxy) is 2. The number of carbonyl (C=O) groups excluding carboxylic acids is 4. The lowest BCUT2D eigenvalue weighted by Gasteiger charge is -2.34. The molecule has 0 saturated carbocycles. The van der Waals surface area contributed by atoms with Gasteiger partial charge in [0.25, 0.3) is 11.8 Å². The van der Waals surface area contributed by atoms with Crippen LogP contribution in [0.15, 0.2) is 71.3 Å². The van der Waals surface area contributed by atoms with Crippen LogP contribution in [0.4, 0.5) is 0 Å². The van der Waals surface area contributed by atoms with E-state index in [4.69, 9.17) is 37.1 Å². The molecule has 13 nitrogen and oxygen atoms in total. The van der Waals surface area contributed by atoms with Gasteiger partial charge in [0.2, 0.25) is 24.4 Å². The standard InChI is InChI=1S/C37H34Cl2N4O9/c1-19(2)33(42-35(48)22-10-11-27-28(14-22)51-18-50-27)37(49)43(23-12-20-6-3-4-7-21(20)13-23)17-30(44)41-26(15-31(45)46)34(47)36-40-16-29(52-36)32-24(38)8-5-9-25(32)39/h3-11,14,16,19,23,26,33H,12-13,15,17-18H2,1-2H3,(H,41,44)(H,42,48)(H,45,46). The van der Waals surface area contributed by atoms with Crippen LogP contribution < -0.4 is 20.1 Å². The number of carboxylic acids is 1. The number of oxazole rings is 1. The quantitative estimate of drug-likeness (QED) is 0.158. The van der Waals surface area contributed by atoms with Gasteiger partial charge < -0.3 is 34.5 Å². The molecule has 2 heterocycles. The van der Waals surface area contributed by atoms with Crippen molar-refractivity contribution in [1.82, 2.24) is 20.5 Å². The summed E-state index contributed by atoms with van der Waals surface area (Å²) in [5.41, 5.74) is 2.55. The predicted molar refractivity (Wildman–Crippen MR) is 188 cm³/mol. The zero-order chi connectivity index (χ0) is 37.1. The Morgan fingerprint density at radius 1 is 0.923 bits per heavy atom. The normalized spacial score (nSPS) is 14.4. The Hall–Kier alpha value is -5.40. The highest BCUT2D eigenvalue weighted by Gasteiger charge is 2.38. The van der Waals surface area contributed by atoms with Crippen LogP contribution in [0.5, 0.6) is 11.5 Å². The monoisotopic (exact) mass is 748 g/mol. The highest BCUT2D eigenvalue weighted by Crippen LogP contribution is 2.35. The van der Waals surface area contributed by atoms with Crippen molar-refractivity contribution in [1.29, 1.82) is 0 Å². The minimum absolute atomic E-state index is 0.0315. The zero-order valence-corrected chi connectivity index (χ0v) is 29.6. The third-order valence-corrected chi connectivity index (χ3v) is 9.51. The van der Waals surface area contributed by atoms with Crippen molar-refractivity contribution in [2.75, 3.05) is 13.3 Å². The fourth-order valence-corrected chi connectivity index (χ4v) is 6.85. The van der Waals surface area contributed by atoms with Crippen LogP contribution in [-0.2, 0) is 27.2 Å². The summed E-state index contributed by atoms with van der Waals surface area (Å²) >= 11 is 12.5. The third-order valence-electron chi connectivity index (χ3n) is 8.88. The van der Waals surface area contributed by atoms with Gasteiger partial charge in [-0.3, -0.25) is 24.0 Å². The van der Waals surface area contributed by atoms with Crippen LogP contribution >= 0.6 is 23.2 Å². The van der Waals surface area contributed by atoms with Crippen LogP contribution in [0.1, 0.15) is 52.4 Å². The number of carbonyl (C=O) groups is 5. The molecule has 2 aliphatic rings. The minimum atomic E-state index is -1.59. The molecule has 0 fully saturated rings. The van der Waals surface area contributed by atoms with E-state index in [9.17, 15) is 29.1 Å². The van der Waals surface area contributed by atoms with E-state index in [0.717, 1.165) is 11.1 Å². The maximum absolute atomic E-state index is 14.4. The topological polar surface area (TPSA) is 177 Å². The Labute approximate surface area is 308 Å². The number of amides is 3. The molecule has 3 aromatic carbocycles. The van der Waals surface area contributed by atoms with Crippen molar-refractivity contribution < 1.29 is 43.0 Å². The number of hydrogen-bond acceptors (Lipinski definition) is 9. The second kappa shape index (κ2) is 15.5. The number of fused-ring (bicyclic) bond motifs is 2. The SMILES string of the molecule is CC(C)C(NC(=O)c1ccc2c(c1)OCO2)C(=O)N(CC(=O)NC(CC(=O)O)C(=O)c1ncc(-c2c(Cl)cccc2Cl)o1)C1Cc2ccccc2C1. The van der Waals surface area contributed by atoms with Gasteiger partial charge >= 0.3 is 5.97 Å². The van der Waals surface area contributed by atoms with Gasteiger partial charge in [-0.15, -0.1) is 0 Å². The smallest absolute Gasteiger partial charge is 0.305 e. The first-order valence-corrected chi connectivity index (χ1v) is 17.2. The second-order valence-corrected chi connectivity index (χ2v) is 13.6. The molecule has 4 aromatic rings. The van der Waals surface area contributed by atoms with Gasteiger partial charge in [-0.25, -0.2) is 4.98 Å². The van der Waals surface area contributed by atoms with Crippen molar-refractivity contribution in [2.45, 2.75) is 51.2 Å². The summed E-state index contributed by atoms with van der Waals surface area (Å²) in [5.74, 6) is -4.02. The fourth-order valence-electron chi connectivity index (χ4n) is 6.26. The van der Waals surface area contributed by atoms with Crippen molar-refractivity contribution >= 4 is 52.7 Å². The summed E-state index contributed by atoms with van der Waals surface area (Å²) in [6.07, 6.45) is 1.31. The van der Waals surface area contributed by atoms with Gasteiger partial charge in [0.1, 0.15) is 12.1 Å². The molecule has 3 N–H and O–H groups in total. The number of aliphatic carboxylic acids is 1. The van der Waals surface area contributed by atoms with E-state index in [1.54, 1.807) is 44.2 Å². The summed E-state index contributed by atoms with van der Waals surface area (Å²) in [6, 6.07) is 14.0. The van der Waals surface area contributed by atoms with E-state index in [-0.39, 0.29) is 33.7 Å². The first-order chi connectivity index (χ1) is 24.9. The van der Waals surface area contributed by atoms with Crippen molar-refractivity contribution in [3.05, 3.63) is 99.5 Å². The lowest BCUT2D eigenvalue weighted by Crippen LogP contribution is -2.57. The number of halogens is 2. The Bertz CT molecular complexity index is 2000. The van der Waals surface area contributed by atoms with E-state index >= 15 is 0 Å². The number of rotatable bonds is 13. The second-order valence-electron chi connectivity index (χ2n) is 12.8. The Morgan fingerprint density at radius 3 is 2.25 bits per heavy atom. The highest BCUT2D eigenvalue weighted by molar-refractivity contribution is 6.39.